The van der Waals surface area contributed by atoms with Gasteiger partial charge in [-0.15, -0.1) is 34.9 Å². The number of rotatable bonds is 5. The fraction of sp³-hybridized carbons (Fsp3) is 0.429. The lowest BCUT2D eigenvalue weighted by atomic mass is 10.1. The summed E-state index contributed by atoms with van der Waals surface area (Å²) < 4.78 is 6.09. The van der Waals surface area contributed by atoms with Crippen LogP contribution in [-0.2, 0) is 17.6 Å². The minimum atomic E-state index is -0.377. The van der Waals surface area contributed by atoms with Crippen molar-refractivity contribution in [2.24, 2.45) is 0 Å². The van der Waals surface area contributed by atoms with Gasteiger partial charge in [0, 0.05) is 21.9 Å². The van der Waals surface area contributed by atoms with Gasteiger partial charge in [-0.3, -0.25) is 20.4 Å². The second kappa shape index (κ2) is 9.91. The first kappa shape index (κ1) is 20.6. The van der Waals surface area contributed by atoms with Crippen LogP contribution in [0.4, 0.5) is 0 Å². The van der Waals surface area contributed by atoms with E-state index in [-0.39, 0.29) is 18.4 Å². The van der Waals surface area contributed by atoms with Gasteiger partial charge in [-0.05, 0) is 43.4 Å². The minimum Gasteiger partial charge on any atom is -0.483 e. The average molecular weight is 449 g/mol. The highest BCUT2D eigenvalue weighted by molar-refractivity contribution is 8.19. The number of hydrogen-bond donors (Lipinski definition) is 2. The third kappa shape index (κ3) is 5.29. The van der Waals surface area contributed by atoms with Crippen LogP contribution in [-0.4, -0.2) is 29.9 Å². The van der Waals surface area contributed by atoms with E-state index in [1.54, 1.807) is 0 Å². The molecule has 1 fully saturated rings. The molecule has 1 aromatic heterocycles. The highest BCUT2D eigenvalue weighted by Crippen LogP contribution is 2.48. The summed E-state index contributed by atoms with van der Waals surface area (Å²) in [7, 11) is 0. The van der Waals surface area contributed by atoms with E-state index in [1.165, 1.54) is 41.0 Å². The number of carbonyl (C=O) groups excluding carboxylic acids is 2. The molecule has 2 aromatic rings. The number of nitrogens with one attached hydrogen (secondary N) is 2. The first-order chi connectivity index (χ1) is 14.2. The van der Waals surface area contributed by atoms with Gasteiger partial charge in [-0.2, -0.15) is 0 Å². The molecular formula is C21H24N2O3S3. The molecule has 2 amide bonds. The molecule has 154 valence electrons. The fourth-order valence-electron chi connectivity index (χ4n) is 3.49. The van der Waals surface area contributed by atoms with E-state index >= 15 is 0 Å². The Bertz CT molecular complexity index is 854. The molecule has 0 spiro atoms. The molecule has 0 radical (unpaired) electrons. The van der Waals surface area contributed by atoms with Crippen molar-refractivity contribution in [2.45, 2.75) is 36.7 Å². The largest absolute Gasteiger partial charge is 0.483 e. The van der Waals surface area contributed by atoms with Gasteiger partial charge in [0.25, 0.3) is 11.8 Å². The molecule has 4 rings (SSSR count). The molecule has 0 unspecified atom stereocenters. The quantitative estimate of drug-likeness (QED) is 0.526. The number of benzene rings is 1. The molecule has 0 saturated carbocycles. The van der Waals surface area contributed by atoms with Gasteiger partial charge in [-0.1, -0.05) is 24.6 Å². The van der Waals surface area contributed by atoms with Crippen LogP contribution >= 0.6 is 34.9 Å². The maximum absolute atomic E-state index is 12.4. The summed E-state index contributed by atoms with van der Waals surface area (Å²) in [6.45, 7) is -0.139. The summed E-state index contributed by atoms with van der Waals surface area (Å²) in [5.41, 5.74) is 7.37. The molecule has 1 aliphatic heterocycles. The maximum atomic E-state index is 12.4. The number of hydrogen-bond acceptors (Lipinski definition) is 6. The van der Waals surface area contributed by atoms with E-state index in [0.29, 0.717) is 9.46 Å². The van der Waals surface area contributed by atoms with Crippen LogP contribution in [0.3, 0.4) is 0 Å². The predicted octanol–water partition coefficient (Wildman–Crippen LogP) is 4.34. The number of para-hydroxylation sites is 1. The Balaban J connectivity index is 1.28. The first-order valence-corrected chi connectivity index (χ1v) is 12.8. The van der Waals surface area contributed by atoms with Gasteiger partial charge in [0.2, 0.25) is 0 Å². The van der Waals surface area contributed by atoms with Crippen molar-refractivity contribution in [3.05, 3.63) is 51.2 Å². The Morgan fingerprint density at radius 1 is 1.03 bits per heavy atom. The van der Waals surface area contributed by atoms with E-state index < -0.39 is 0 Å². The molecule has 2 N–H and O–H groups in total. The van der Waals surface area contributed by atoms with Crippen LogP contribution in [0.2, 0.25) is 0 Å². The van der Waals surface area contributed by atoms with E-state index in [0.717, 1.165) is 35.7 Å². The molecular weight excluding hydrogens is 424 g/mol. The molecule has 2 aliphatic rings. The van der Waals surface area contributed by atoms with E-state index in [2.05, 4.69) is 10.9 Å². The van der Waals surface area contributed by atoms with Crippen LogP contribution in [0.15, 0.2) is 30.3 Å². The number of thioether (sulfide) groups is 2. The number of aryl methyl sites for hydroxylation is 2. The van der Waals surface area contributed by atoms with Crippen molar-refractivity contribution in [3.8, 4) is 5.75 Å². The lowest BCUT2D eigenvalue weighted by Crippen LogP contribution is -2.43. The summed E-state index contributed by atoms with van der Waals surface area (Å²) in [5, 5.41) is 0. The summed E-state index contributed by atoms with van der Waals surface area (Å²) >= 11 is 5.32. The average Bonchev–Trinajstić information content (AvgIpc) is 3.37. The van der Waals surface area contributed by atoms with Crippen LogP contribution < -0.4 is 15.6 Å². The minimum absolute atomic E-state index is 0.139. The van der Waals surface area contributed by atoms with Gasteiger partial charge in [0.15, 0.2) is 6.61 Å². The second-order valence-electron chi connectivity index (χ2n) is 7.02. The van der Waals surface area contributed by atoms with Crippen LogP contribution in [0, 0.1) is 0 Å². The van der Waals surface area contributed by atoms with Crippen molar-refractivity contribution in [2.75, 3.05) is 18.1 Å². The zero-order chi connectivity index (χ0) is 20.1. The zero-order valence-corrected chi connectivity index (χ0v) is 18.5. The molecule has 8 heteroatoms. The number of thiophene rings is 1. The number of hydrazine groups is 1. The third-order valence-electron chi connectivity index (χ3n) is 4.94. The van der Waals surface area contributed by atoms with Gasteiger partial charge >= 0.3 is 0 Å². The van der Waals surface area contributed by atoms with Gasteiger partial charge in [0.05, 0.1) is 9.46 Å². The van der Waals surface area contributed by atoms with Crippen molar-refractivity contribution in [1.82, 2.24) is 10.9 Å². The summed E-state index contributed by atoms with van der Waals surface area (Å²) in [6.07, 6.45) is 5.70. The SMILES string of the molecule is O=C(COc1ccccc1C1SCCS1)NNC(=O)c1cc2c(s1)CCCCC2. The second-order valence-corrected chi connectivity index (χ2v) is 10.9. The Morgan fingerprint density at radius 2 is 1.83 bits per heavy atom. The summed E-state index contributed by atoms with van der Waals surface area (Å²) in [4.78, 5) is 26.5. The van der Waals surface area contributed by atoms with Crippen molar-refractivity contribution in [1.29, 1.82) is 0 Å². The summed E-state index contributed by atoms with van der Waals surface area (Å²) in [5.74, 6) is 2.33. The van der Waals surface area contributed by atoms with Crippen molar-refractivity contribution in [3.63, 3.8) is 0 Å². The zero-order valence-electron chi connectivity index (χ0n) is 16.1. The van der Waals surface area contributed by atoms with Crippen molar-refractivity contribution < 1.29 is 14.3 Å². The van der Waals surface area contributed by atoms with E-state index in [9.17, 15) is 9.59 Å². The lowest BCUT2D eigenvalue weighted by Gasteiger charge is -2.15. The maximum Gasteiger partial charge on any atom is 0.279 e. The van der Waals surface area contributed by atoms with E-state index in [4.69, 9.17) is 4.74 Å². The Labute approximate surface area is 183 Å². The monoisotopic (exact) mass is 448 g/mol. The van der Waals surface area contributed by atoms with Gasteiger partial charge in [-0.25, -0.2) is 0 Å². The van der Waals surface area contributed by atoms with Crippen molar-refractivity contribution >= 4 is 46.7 Å². The van der Waals surface area contributed by atoms with Crippen LogP contribution in [0.25, 0.3) is 0 Å². The molecule has 2 heterocycles. The normalized spacial score (nSPS) is 16.7. The molecule has 5 nitrogen and oxygen atoms in total. The smallest absolute Gasteiger partial charge is 0.279 e. The topological polar surface area (TPSA) is 67.4 Å². The fourth-order valence-corrected chi connectivity index (χ4v) is 7.55. The lowest BCUT2D eigenvalue weighted by molar-refractivity contribution is -0.123. The van der Waals surface area contributed by atoms with Gasteiger partial charge in [0.1, 0.15) is 5.75 Å². The Hall–Kier alpha value is -1.64. The van der Waals surface area contributed by atoms with E-state index in [1.807, 2.05) is 53.9 Å². The molecule has 1 saturated heterocycles. The summed E-state index contributed by atoms with van der Waals surface area (Å²) in [6, 6.07) is 9.80. The number of ether oxygens (including phenoxy) is 1. The molecule has 1 aliphatic carbocycles. The Morgan fingerprint density at radius 3 is 2.69 bits per heavy atom. The number of amides is 2. The third-order valence-corrected chi connectivity index (χ3v) is 9.24. The highest BCUT2D eigenvalue weighted by atomic mass is 32.2. The number of carbonyl (C=O) groups is 2. The molecule has 0 bridgehead atoms. The first-order valence-electron chi connectivity index (χ1n) is 9.86. The molecule has 0 atom stereocenters. The van der Waals surface area contributed by atoms with Crippen LogP contribution in [0.1, 0.15) is 49.5 Å². The van der Waals surface area contributed by atoms with Crippen LogP contribution in [0.5, 0.6) is 5.75 Å². The van der Waals surface area contributed by atoms with Gasteiger partial charge < -0.3 is 4.74 Å². The molecule has 29 heavy (non-hydrogen) atoms. The highest BCUT2D eigenvalue weighted by Gasteiger charge is 2.22. The standard InChI is InChI=1S/C21H24N2O3S3/c24-19(13-26-16-8-5-4-7-15(16)21-27-10-11-28-21)22-23-20(25)18-12-14-6-2-1-3-9-17(14)29-18/h4-5,7-8,12,21H,1-3,6,9-11,13H2,(H,22,24)(H,23,25). The number of fused-ring (bicyclic) bond motifs is 1. The molecule has 1 aromatic carbocycles. The Kier molecular flexibility index (Phi) is 7.05. The predicted molar refractivity (Wildman–Crippen MR) is 121 cm³/mol.